The van der Waals surface area contributed by atoms with E-state index in [1.165, 1.54) is 0 Å². The quantitative estimate of drug-likeness (QED) is 0.699. The number of primary amides is 1. The molecule has 1 aliphatic rings. The fourth-order valence-electron chi connectivity index (χ4n) is 2.21. The van der Waals surface area contributed by atoms with Gasteiger partial charge in [-0.25, -0.2) is 0 Å². The molecule has 0 saturated carbocycles. The van der Waals surface area contributed by atoms with Crippen LogP contribution in [-0.4, -0.2) is 41.5 Å². The number of aromatic nitrogens is 1. The highest BCUT2D eigenvalue weighted by Gasteiger charge is 2.20. The molecule has 18 heavy (non-hydrogen) atoms. The fraction of sp³-hybridized carbons (Fsp3) is 0.500. The first-order valence-corrected chi connectivity index (χ1v) is 6.12. The number of amides is 1. The Morgan fingerprint density at radius 1 is 1.50 bits per heavy atom. The van der Waals surface area contributed by atoms with Crippen molar-refractivity contribution in [2.45, 2.75) is 18.9 Å². The lowest BCUT2D eigenvalue weighted by Crippen LogP contribution is -2.43. The number of carbonyl (C=O) groups excluding carboxylic acids is 1. The van der Waals surface area contributed by atoms with E-state index in [1.54, 1.807) is 12.4 Å². The fourth-order valence-corrected chi connectivity index (χ4v) is 2.21. The smallest absolute Gasteiger partial charge is 0.231 e. The predicted octanol–water partition coefficient (Wildman–Crippen LogP) is 0.0254. The SMILES string of the molecule is NC(=O)CN1CCC(Nc2ccncc2N)CC1. The highest BCUT2D eigenvalue weighted by molar-refractivity contribution is 5.75. The molecule has 1 amide bonds. The van der Waals surface area contributed by atoms with Crippen molar-refractivity contribution in [2.75, 3.05) is 30.7 Å². The van der Waals surface area contributed by atoms with Gasteiger partial charge in [0.2, 0.25) is 5.91 Å². The summed E-state index contributed by atoms with van der Waals surface area (Å²) in [5, 5.41) is 3.42. The summed E-state index contributed by atoms with van der Waals surface area (Å²) in [5.74, 6) is -0.264. The molecule has 0 bridgehead atoms. The monoisotopic (exact) mass is 249 g/mol. The number of pyridine rings is 1. The number of hydrogen-bond acceptors (Lipinski definition) is 5. The van der Waals surface area contributed by atoms with E-state index in [1.807, 2.05) is 6.07 Å². The van der Waals surface area contributed by atoms with E-state index in [2.05, 4.69) is 15.2 Å². The number of nitrogen functional groups attached to an aromatic ring is 1. The van der Waals surface area contributed by atoms with Crippen LogP contribution in [0.4, 0.5) is 11.4 Å². The van der Waals surface area contributed by atoms with Crippen molar-refractivity contribution in [3.05, 3.63) is 18.5 Å². The molecule has 0 radical (unpaired) electrons. The van der Waals surface area contributed by atoms with Crippen LogP contribution in [0, 0.1) is 0 Å². The van der Waals surface area contributed by atoms with Crippen LogP contribution in [0.15, 0.2) is 18.5 Å². The normalized spacial score (nSPS) is 17.6. The van der Waals surface area contributed by atoms with E-state index in [4.69, 9.17) is 11.5 Å². The number of nitrogens with two attached hydrogens (primary N) is 2. The zero-order valence-electron chi connectivity index (χ0n) is 10.3. The minimum Gasteiger partial charge on any atom is -0.396 e. The molecule has 1 saturated heterocycles. The van der Waals surface area contributed by atoms with E-state index in [0.29, 0.717) is 18.3 Å². The Morgan fingerprint density at radius 3 is 2.83 bits per heavy atom. The predicted molar refractivity (Wildman–Crippen MR) is 70.9 cm³/mol. The lowest BCUT2D eigenvalue weighted by Gasteiger charge is -2.32. The lowest BCUT2D eigenvalue weighted by molar-refractivity contribution is -0.119. The summed E-state index contributed by atoms with van der Waals surface area (Å²) in [5.41, 5.74) is 12.6. The number of rotatable bonds is 4. The van der Waals surface area contributed by atoms with Crippen LogP contribution >= 0.6 is 0 Å². The lowest BCUT2D eigenvalue weighted by atomic mass is 10.0. The Hall–Kier alpha value is -1.82. The standard InChI is InChI=1S/C12H19N5O/c13-10-7-15-4-1-11(10)16-9-2-5-17(6-3-9)8-12(14)18/h1,4,7,9H,2-3,5-6,8,13H2,(H2,14,18)(H,15,16). The van der Waals surface area contributed by atoms with Crippen molar-refractivity contribution in [1.82, 2.24) is 9.88 Å². The van der Waals surface area contributed by atoms with Gasteiger partial charge in [0, 0.05) is 25.3 Å². The molecule has 0 unspecified atom stereocenters. The number of nitrogens with one attached hydrogen (secondary N) is 1. The average molecular weight is 249 g/mol. The molecule has 6 nitrogen and oxygen atoms in total. The maximum Gasteiger partial charge on any atom is 0.231 e. The maximum atomic E-state index is 10.8. The summed E-state index contributed by atoms with van der Waals surface area (Å²) >= 11 is 0. The molecule has 0 spiro atoms. The van der Waals surface area contributed by atoms with Gasteiger partial charge in [-0.15, -0.1) is 0 Å². The highest BCUT2D eigenvalue weighted by Crippen LogP contribution is 2.20. The highest BCUT2D eigenvalue weighted by atomic mass is 16.1. The maximum absolute atomic E-state index is 10.8. The second-order valence-electron chi connectivity index (χ2n) is 4.62. The molecule has 0 aliphatic carbocycles. The first kappa shape index (κ1) is 12.6. The van der Waals surface area contributed by atoms with Crippen molar-refractivity contribution in [2.24, 2.45) is 5.73 Å². The Bertz CT molecular complexity index is 415. The second-order valence-corrected chi connectivity index (χ2v) is 4.62. The third-order valence-electron chi connectivity index (χ3n) is 3.18. The van der Waals surface area contributed by atoms with Gasteiger partial charge in [0.1, 0.15) is 0 Å². The summed E-state index contributed by atoms with van der Waals surface area (Å²) in [4.78, 5) is 16.9. The molecular formula is C12H19N5O. The molecule has 5 N–H and O–H groups in total. The topological polar surface area (TPSA) is 97.3 Å². The molecule has 6 heteroatoms. The zero-order valence-corrected chi connectivity index (χ0v) is 10.3. The number of piperidine rings is 1. The van der Waals surface area contributed by atoms with Crippen LogP contribution < -0.4 is 16.8 Å². The van der Waals surface area contributed by atoms with Crippen molar-refractivity contribution < 1.29 is 4.79 Å². The Balaban J connectivity index is 1.84. The Kier molecular flexibility index (Phi) is 3.99. The Morgan fingerprint density at radius 2 is 2.22 bits per heavy atom. The molecule has 1 aliphatic heterocycles. The first-order chi connectivity index (χ1) is 8.65. The third kappa shape index (κ3) is 3.33. The van der Waals surface area contributed by atoms with Gasteiger partial charge >= 0.3 is 0 Å². The Labute approximate surface area is 106 Å². The van der Waals surface area contributed by atoms with Crippen molar-refractivity contribution >= 4 is 17.3 Å². The molecule has 0 atom stereocenters. The number of carbonyl (C=O) groups is 1. The molecule has 2 heterocycles. The zero-order chi connectivity index (χ0) is 13.0. The minimum absolute atomic E-state index is 0.264. The van der Waals surface area contributed by atoms with Gasteiger partial charge in [-0.2, -0.15) is 0 Å². The van der Waals surface area contributed by atoms with E-state index in [0.717, 1.165) is 31.6 Å². The number of likely N-dealkylation sites (tertiary alicyclic amines) is 1. The first-order valence-electron chi connectivity index (χ1n) is 6.12. The van der Waals surface area contributed by atoms with Crippen molar-refractivity contribution in [1.29, 1.82) is 0 Å². The van der Waals surface area contributed by atoms with E-state index >= 15 is 0 Å². The van der Waals surface area contributed by atoms with Crippen molar-refractivity contribution in [3.8, 4) is 0 Å². The van der Waals surface area contributed by atoms with Gasteiger partial charge in [-0.05, 0) is 18.9 Å². The number of nitrogens with zero attached hydrogens (tertiary/aromatic N) is 2. The van der Waals surface area contributed by atoms with Gasteiger partial charge in [0.25, 0.3) is 0 Å². The van der Waals surface area contributed by atoms with E-state index in [9.17, 15) is 4.79 Å². The number of hydrogen-bond donors (Lipinski definition) is 3. The molecule has 1 aromatic rings. The van der Waals surface area contributed by atoms with Crippen LogP contribution in [0.1, 0.15) is 12.8 Å². The minimum atomic E-state index is -0.264. The summed E-state index contributed by atoms with van der Waals surface area (Å²) < 4.78 is 0. The van der Waals surface area contributed by atoms with Crippen molar-refractivity contribution in [3.63, 3.8) is 0 Å². The van der Waals surface area contributed by atoms with Crippen LogP contribution in [0.3, 0.4) is 0 Å². The molecular weight excluding hydrogens is 230 g/mol. The van der Waals surface area contributed by atoms with Crippen LogP contribution in [0.2, 0.25) is 0 Å². The van der Waals surface area contributed by atoms with Crippen LogP contribution in [0.25, 0.3) is 0 Å². The number of anilines is 2. The summed E-state index contributed by atoms with van der Waals surface area (Å²) in [6.07, 6.45) is 5.33. The third-order valence-corrected chi connectivity index (χ3v) is 3.18. The molecule has 1 aromatic heterocycles. The van der Waals surface area contributed by atoms with Gasteiger partial charge in [-0.1, -0.05) is 0 Å². The van der Waals surface area contributed by atoms with Gasteiger partial charge in [0.15, 0.2) is 0 Å². The summed E-state index contributed by atoms with van der Waals surface area (Å²) in [6, 6.07) is 2.27. The molecule has 2 rings (SSSR count). The average Bonchev–Trinajstić information content (AvgIpc) is 2.34. The summed E-state index contributed by atoms with van der Waals surface area (Å²) in [6.45, 7) is 2.11. The van der Waals surface area contributed by atoms with Gasteiger partial charge in [-0.3, -0.25) is 14.7 Å². The molecule has 98 valence electrons. The molecule has 1 fully saturated rings. The largest absolute Gasteiger partial charge is 0.396 e. The van der Waals surface area contributed by atoms with E-state index in [-0.39, 0.29) is 5.91 Å². The molecule has 0 aromatic carbocycles. The van der Waals surface area contributed by atoms with Crippen LogP contribution in [0.5, 0.6) is 0 Å². The second kappa shape index (κ2) is 5.68. The van der Waals surface area contributed by atoms with E-state index < -0.39 is 0 Å². The van der Waals surface area contributed by atoms with Gasteiger partial charge < -0.3 is 16.8 Å². The summed E-state index contributed by atoms with van der Waals surface area (Å²) in [7, 11) is 0. The van der Waals surface area contributed by atoms with Gasteiger partial charge in [0.05, 0.1) is 24.1 Å². The van der Waals surface area contributed by atoms with Crippen LogP contribution in [-0.2, 0) is 4.79 Å².